The minimum atomic E-state index is -0.326. The summed E-state index contributed by atoms with van der Waals surface area (Å²) in [6.07, 6.45) is 2.59. The van der Waals surface area contributed by atoms with Crippen LogP contribution in [-0.2, 0) is 9.53 Å². The largest absolute Gasteiger partial charge is 0.393 e. The van der Waals surface area contributed by atoms with Crippen LogP contribution < -0.4 is 0 Å². The molecule has 1 amide bonds. The maximum absolute atomic E-state index is 11.5. The predicted octanol–water partition coefficient (Wildman–Crippen LogP) is 2.28. The molecule has 3 rings (SSSR count). The van der Waals surface area contributed by atoms with Gasteiger partial charge in [-0.05, 0) is 18.4 Å². The van der Waals surface area contributed by atoms with Crippen LogP contribution in [0.1, 0.15) is 44.3 Å². The number of aliphatic hydroxyl groups is 1. The Hall–Kier alpha value is -1.39. The summed E-state index contributed by atoms with van der Waals surface area (Å²) in [7, 11) is 0. The van der Waals surface area contributed by atoms with Gasteiger partial charge in [0.05, 0.1) is 17.8 Å². The molecule has 2 heterocycles. The van der Waals surface area contributed by atoms with E-state index in [0.29, 0.717) is 12.8 Å². The summed E-state index contributed by atoms with van der Waals surface area (Å²) in [4.78, 5) is 13.3. The number of piperidine rings is 1. The number of amides is 1. The number of hydrogen-bond donors (Lipinski definition) is 1. The highest BCUT2D eigenvalue weighted by Gasteiger charge is 2.43. The van der Waals surface area contributed by atoms with Crippen LogP contribution in [0.2, 0.25) is 0 Å². The average Bonchev–Trinajstić information content (AvgIpc) is 2.48. The van der Waals surface area contributed by atoms with E-state index < -0.39 is 0 Å². The van der Waals surface area contributed by atoms with Crippen LogP contribution in [0.5, 0.6) is 0 Å². The molecule has 114 valence electrons. The smallest absolute Gasteiger partial charge is 0.219 e. The Labute approximate surface area is 125 Å². The maximum Gasteiger partial charge on any atom is 0.219 e. The Morgan fingerprint density at radius 2 is 1.95 bits per heavy atom. The van der Waals surface area contributed by atoms with Gasteiger partial charge < -0.3 is 14.7 Å². The first kappa shape index (κ1) is 14.5. The molecule has 4 heteroatoms. The molecule has 0 aromatic heterocycles. The number of carbonyl (C=O) groups excluding carboxylic acids is 1. The molecule has 0 aliphatic carbocycles. The average molecular weight is 289 g/mol. The lowest BCUT2D eigenvalue weighted by Crippen LogP contribution is -2.51. The van der Waals surface area contributed by atoms with Gasteiger partial charge in [-0.3, -0.25) is 4.79 Å². The van der Waals surface area contributed by atoms with Crippen LogP contribution in [0.4, 0.5) is 0 Å². The molecule has 0 unspecified atom stereocenters. The first-order chi connectivity index (χ1) is 10.1. The van der Waals surface area contributed by atoms with E-state index >= 15 is 0 Å². The molecule has 2 fully saturated rings. The summed E-state index contributed by atoms with van der Waals surface area (Å²) in [5.41, 5.74) is 0.856. The Bertz CT molecular complexity index is 494. The van der Waals surface area contributed by atoms with E-state index in [1.54, 1.807) is 6.92 Å². The van der Waals surface area contributed by atoms with Gasteiger partial charge in [-0.25, -0.2) is 0 Å². The van der Waals surface area contributed by atoms with Crippen molar-refractivity contribution in [1.29, 1.82) is 0 Å². The van der Waals surface area contributed by atoms with Crippen molar-refractivity contribution in [3.63, 3.8) is 0 Å². The fourth-order valence-electron chi connectivity index (χ4n) is 3.58. The van der Waals surface area contributed by atoms with Crippen LogP contribution in [0, 0.1) is 0 Å². The van der Waals surface area contributed by atoms with Gasteiger partial charge in [0.15, 0.2) is 0 Å². The van der Waals surface area contributed by atoms with Gasteiger partial charge in [-0.15, -0.1) is 0 Å². The number of rotatable bonds is 1. The third kappa shape index (κ3) is 3.11. The Morgan fingerprint density at radius 3 is 2.57 bits per heavy atom. The Balaban J connectivity index is 1.73. The highest BCUT2D eigenvalue weighted by Crippen LogP contribution is 2.42. The standard InChI is InChI=1S/C17H23NO3/c1-13(19)18-9-7-17(8-10-18)12-15(20)11-16(21-17)14-5-3-2-4-6-14/h2-6,15-16,20H,7-12H2,1H3/t15-,16-/m1/s1. The quantitative estimate of drug-likeness (QED) is 0.863. The van der Waals surface area contributed by atoms with Crippen LogP contribution in [0.15, 0.2) is 30.3 Å². The number of ether oxygens (including phenoxy) is 1. The molecule has 2 atom stereocenters. The Morgan fingerprint density at radius 1 is 1.29 bits per heavy atom. The molecule has 2 aliphatic rings. The monoisotopic (exact) mass is 289 g/mol. The zero-order valence-electron chi connectivity index (χ0n) is 12.5. The minimum absolute atomic E-state index is 0.0428. The molecule has 0 saturated carbocycles. The van der Waals surface area contributed by atoms with Crippen molar-refractivity contribution >= 4 is 5.91 Å². The lowest BCUT2D eigenvalue weighted by atomic mass is 9.81. The van der Waals surface area contributed by atoms with Gasteiger partial charge in [0.1, 0.15) is 0 Å². The van der Waals surface area contributed by atoms with Crippen molar-refractivity contribution < 1.29 is 14.6 Å². The van der Waals surface area contributed by atoms with E-state index in [2.05, 4.69) is 12.1 Å². The van der Waals surface area contributed by atoms with Gasteiger partial charge in [-0.1, -0.05) is 30.3 Å². The van der Waals surface area contributed by atoms with Crippen molar-refractivity contribution in [3.05, 3.63) is 35.9 Å². The summed E-state index contributed by atoms with van der Waals surface area (Å²) in [6.45, 7) is 3.06. The number of carbonyl (C=O) groups is 1. The van der Waals surface area contributed by atoms with Gasteiger partial charge in [0.25, 0.3) is 0 Å². The van der Waals surface area contributed by atoms with Crippen molar-refractivity contribution in [2.45, 2.75) is 50.4 Å². The van der Waals surface area contributed by atoms with Crippen LogP contribution in [-0.4, -0.2) is 40.7 Å². The summed E-state index contributed by atoms with van der Waals surface area (Å²) < 4.78 is 6.40. The SMILES string of the molecule is CC(=O)N1CCC2(CC1)C[C@H](O)C[C@H](c1ccccc1)O2. The number of likely N-dealkylation sites (tertiary alicyclic amines) is 1. The normalized spacial score (nSPS) is 28.6. The predicted molar refractivity (Wildman–Crippen MR) is 79.7 cm³/mol. The van der Waals surface area contributed by atoms with E-state index in [1.165, 1.54) is 0 Å². The zero-order chi connectivity index (χ0) is 14.9. The van der Waals surface area contributed by atoms with E-state index in [4.69, 9.17) is 4.74 Å². The van der Waals surface area contributed by atoms with Gasteiger partial charge in [0.2, 0.25) is 5.91 Å². The lowest BCUT2D eigenvalue weighted by molar-refractivity contribution is -0.185. The molecule has 2 aliphatic heterocycles. The van der Waals surface area contributed by atoms with Crippen molar-refractivity contribution in [3.8, 4) is 0 Å². The van der Waals surface area contributed by atoms with Gasteiger partial charge in [0, 0.05) is 32.9 Å². The number of hydrogen-bond acceptors (Lipinski definition) is 3. The molecule has 1 aromatic rings. The summed E-state index contributed by atoms with van der Waals surface area (Å²) in [5.74, 6) is 0.126. The second-order valence-corrected chi connectivity index (χ2v) is 6.30. The summed E-state index contributed by atoms with van der Waals surface area (Å²) >= 11 is 0. The molecular weight excluding hydrogens is 266 g/mol. The molecule has 4 nitrogen and oxygen atoms in total. The van der Waals surface area contributed by atoms with E-state index in [9.17, 15) is 9.90 Å². The molecule has 1 spiro atoms. The first-order valence-corrected chi connectivity index (χ1v) is 7.74. The third-order valence-corrected chi connectivity index (χ3v) is 4.78. The number of aliphatic hydroxyl groups excluding tert-OH is 1. The zero-order valence-corrected chi connectivity index (χ0v) is 12.5. The molecule has 0 radical (unpaired) electrons. The first-order valence-electron chi connectivity index (χ1n) is 7.74. The second kappa shape index (κ2) is 5.78. The topological polar surface area (TPSA) is 49.8 Å². The highest BCUT2D eigenvalue weighted by molar-refractivity contribution is 5.73. The maximum atomic E-state index is 11.5. The second-order valence-electron chi connectivity index (χ2n) is 6.30. The summed E-state index contributed by atoms with van der Waals surface area (Å²) in [5, 5.41) is 10.3. The van der Waals surface area contributed by atoms with Crippen molar-refractivity contribution in [2.24, 2.45) is 0 Å². The third-order valence-electron chi connectivity index (χ3n) is 4.78. The van der Waals surface area contributed by atoms with Gasteiger partial charge in [-0.2, -0.15) is 0 Å². The number of nitrogens with zero attached hydrogens (tertiary/aromatic N) is 1. The Kier molecular flexibility index (Phi) is 4.00. The fraction of sp³-hybridized carbons (Fsp3) is 0.588. The van der Waals surface area contributed by atoms with Gasteiger partial charge >= 0.3 is 0 Å². The fourth-order valence-corrected chi connectivity index (χ4v) is 3.58. The molecule has 1 aromatic carbocycles. The number of benzene rings is 1. The highest BCUT2D eigenvalue weighted by atomic mass is 16.5. The van der Waals surface area contributed by atoms with Crippen LogP contribution in [0.3, 0.4) is 0 Å². The molecular formula is C17H23NO3. The minimum Gasteiger partial charge on any atom is -0.393 e. The van der Waals surface area contributed by atoms with Crippen molar-refractivity contribution in [1.82, 2.24) is 4.90 Å². The van der Waals surface area contributed by atoms with E-state index in [-0.39, 0.29) is 23.7 Å². The van der Waals surface area contributed by atoms with Crippen LogP contribution >= 0.6 is 0 Å². The molecule has 1 N–H and O–H groups in total. The lowest BCUT2D eigenvalue weighted by Gasteiger charge is -2.48. The molecule has 0 bridgehead atoms. The van der Waals surface area contributed by atoms with E-state index in [1.807, 2.05) is 23.1 Å². The molecule has 2 saturated heterocycles. The van der Waals surface area contributed by atoms with Crippen LogP contribution in [0.25, 0.3) is 0 Å². The molecule has 21 heavy (non-hydrogen) atoms. The summed E-state index contributed by atoms with van der Waals surface area (Å²) in [6, 6.07) is 10.1. The van der Waals surface area contributed by atoms with Crippen molar-refractivity contribution in [2.75, 3.05) is 13.1 Å². The van der Waals surface area contributed by atoms with E-state index in [0.717, 1.165) is 31.5 Å².